The van der Waals surface area contributed by atoms with Crippen molar-refractivity contribution in [3.63, 3.8) is 0 Å². The van der Waals surface area contributed by atoms with Crippen molar-refractivity contribution in [1.29, 1.82) is 0 Å². The molecule has 0 spiro atoms. The van der Waals surface area contributed by atoms with Gasteiger partial charge in [-0.3, -0.25) is 14.5 Å². The van der Waals surface area contributed by atoms with E-state index in [4.69, 9.17) is 5.11 Å². The van der Waals surface area contributed by atoms with Gasteiger partial charge in [0.05, 0.1) is 5.69 Å². The molecule has 1 N–H and O–H groups in total. The molecule has 98 valence electrons. The van der Waals surface area contributed by atoms with Gasteiger partial charge in [0.1, 0.15) is 12.4 Å². The fourth-order valence-electron chi connectivity index (χ4n) is 1.57. The standard InChI is InChI=1S/C13H16FNO3/c1-9(2)7-12(16)15(8-13(17)18)11-6-4-3-5-10(11)14/h3-6,9H,7-8H2,1-2H3,(H,17,18). The summed E-state index contributed by atoms with van der Waals surface area (Å²) in [6.07, 6.45) is 0.182. The molecular formula is C13H16FNO3. The maximum Gasteiger partial charge on any atom is 0.323 e. The molecule has 18 heavy (non-hydrogen) atoms. The molecule has 0 aliphatic rings. The molecule has 1 amide bonds. The molecule has 0 radical (unpaired) electrons. The summed E-state index contributed by atoms with van der Waals surface area (Å²) in [5.74, 6) is -2.08. The fourth-order valence-corrected chi connectivity index (χ4v) is 1.57. The van der Waals surface area contributed by atoms with Gasteiger partial charge in [-0.15, -0.1) is 0 Å². The molecule has 1 aromatic carbocycles. The molecule has 0 atom stereocenters. The van der Waals surface area contributed by atoms with Crippen molar-refractivity contribution in [3.8, 4) is 0 Å². The van der Waals surface area contributed by atoms with Crippen molar-refractivity contribution in [2.45, 2.75) is 20.3 Å². The van der Waals surface area contributed by atoms with Crippen LogP contribution in [-0.2, 0) is 9.59 Å². The number of para-hydroxylation sites is 1. The number of carboxylic acid groups (broad SMARTS) is 1. The summed E-state index contributed by atoms with van der Waals surface area (Å²) in [7, 11) is 0. The Kier molecular flexibility index (Phi) is 4.83. The van der Waals surface area contributed by atoms with Crippen molar-refractivity contribution in [3.05, 3.63) is 30.1 Å². The van der Waals surface area contributed by atoms with Gasteiger partial charge >= 0.3 is 5.97 Å². The van der Waals surface area contributed by atoms with E-state index in [1.54, 1.807) is 6.07 Å². The van der Waals surface area contributed by atoms with Crippen LogP contribution in [0.5, 0.6) is 0 Å². The molecule has 0 aromatic heterocycles. The van der Waals surface area contributed by atoms with Crippen molar-refractivity contribution in [2.24, 2.45) is 5.92 Å². The molecule has 0 saturated heterocycles. The van der Waals surface area contributed by atoms with Crippen LogP contribution < -0.4 is 4.90 Å². The average molecular weight is 253 g/mol. The van der Waals surface area contributed by atoms with E-state index in [1.807, 2.05) is 13.8 Å². The zero-order chi connectivity index (χ0) is 13.7. The van der Waals surface area contributed by atoms with E-state index in [1.165, 1.54) is 18.2 Å². The number of hydrogen-bond donors (Lipinski definition) is 1. The number of nitrogens with zero attached hydrogens (tertiary/aromatic N) is 1. The monoisotopic (exact) mass is 253 g/mol. The summed E-state index contributed by atoms with van der Waals surface area (Å²) in [5.41, 5.74) is 0.00514. The van der Waals surface area contributed by atoms with Gasteiger partial charge in [-0.05, 0) is 18.1 Å². The molecular weight excluding hydrogens is 237 g/mol. The predicted octanol–water partition coefficient (Wildman–Crippen LogP) is 2.29. The van der Waals surface area contributed by atoms with Crippen LogP contribution >= 0.6 is 0 Å². The third-order valence-electron chi connectivity index (χ3n) is 2.32. The molecule has 0 bridgehead atoms. The number of amides is 1. The van der Waals surface area contributed by atoms with Gasteiger partial charge in [0, 0.05) is 6.42 Å². The minimum Gasteiger partial charge on any atom is -0.480 e. The van der Waals surface area contributed by atoms with Gasteiger partial charge in [0.15, 0.2) is 0 Å². The highest BCUT2D eigenvalue weighted by Gasteiger charge is 2.21. The van der Waals surface area contributed by atoms with Crippen molar-refractivity contribution < 1.29 is 19.1 Å². The Bertz CT molecular complexity index is 446. The number of carboxylic acids is 1. The summed E-state index contributed by atoms with van der Waals surface area (Å²) in [5, 5.41) is 8.80. The number of hydrogen-bond acceptors (Lipinski definition) is 2. The lowest BCUT2D eigenvalue weighted by molar-refractivity contribution is -0.136. The Labute approximate surface area is 105 Å². The lowest BCUT2D eigenvalue weighted by Gasteiger charge is -2.22. The normalized spacial score (nSPS) is 10.4. The Morgan fingerprint density at radius 3 is 2.44 bits per heavy atom. The third kappa shape index (κ3) is 3.84. The van der Waals surface area contributed by atoms with Crippen LogP contribution in [0.15, 0.2) is 24.3 Å². The molecule has 0 aliphatic heterocycles. The smallest absolute Gasteiger partial charge is 0.323 e. The molecule has 1 aromatic rings. The number of halogens is 1. The summed E-state index contributed by atoms with van der Waals surface area (Å²) in [6.45, 7) is 3.16. The van der Waals surface area contributed by atoms with E-state index >= 15 is 0 Å². The largest absolute Gasteiger partial charge is 0.480 e. The minimum atomic E-state index is -1.17. The van der Waals surface area contributed by atoms with Gasteiger partial charge in [-0.2, -0.15) is 0 Å². The second-order valence-corrected chi connectivity index (χ2v) is 4.42. The number of aliphatic carboxylic acids is 1. The molecule has 1 rings (SSSR count). The first-order valence-corrected chi connectivity index (χ1v) is 5.68. The topological polar surface area (TPSA) is 57.6 Å². The zero-order valence-electron chi connectivity index (χ0n) is 10.4. The molecule has 0 aliphatic carbocycles. The quantitative estimate of drug-likeness (QED) is 0.875. The first kappa shape index (κ1) is 14.2. The first-order chi connectivity index (χ1) is 8.41. The third-order valence-corrected chi connectivity index (χ3v) is 2.32. The molecule has 4 nitrogen and oxygen atoms in total. The second kappa shape index (κ2) is 6.14. The van der Waals surface area contributed by atoms with Crippen LogP contribution in [0.25, 0.3) is 0 Å². The molecule has 0 fully saturated rings. The van der Waals surface area contributed by atoms with Crippen molar-refractivity contribution in [2.75, 3.05) is 11.4 Å². The molecule has 5 heteroatoms. The van der Waals surface area contributed by atoms with E-state index in [9.17, 15) is 14.0 Å². The molecule has 0 saturated carbocycles. The Balaban J connectivity index is 3.02. The molecule has 0 heterocycles. The van der Waals surface area contributed by atoms with Gasteiger partial charge in [-0.25, -0.2) is 4.39 Å². The van der Waals surface area contributed by atoms with Gasteiger partial charge in [0.25, 0.3) is 0 Å². The highest BCUT2D eigenvalue weighted by molar-refractivity contribution is 5.97. The average Bonchev–Trinajstić information content (AvgIpc) is 2.25. The highest BCUT2D eigenvalue weighted by atomic mass is 19.1. The van der Waals surface area contributed by atoms with Crippen LogP contribution in [0.4, 0.5) is 10.1 Å². The lowest BCUT2D eigenvalue weighted by Crippen LogP contribution is -2.36. The van der Waals surface area contributed by atoms with E-state index in [2.05, 4.69) is 0 Å². The summed E-state index contributed by atoms with van der Waals surface area (Å²) >= 11 is 0. The predicted molar refractivity (Wildman–Crippen MR) is 65.8 cm³/mol. The van der Waals surface area contributed by atoms with Crippen LogP contribution in [0.3, 0.4) is 0 Å². The zero-order valence-corrected chi connectivity index (χ0v) is 10.4. The van der Waals surface area contributed by atoms with Gasteiger partial charge in [-0.1, -0.05) is 26.0 Å². The van der Waals surface area contributed by atoms with Crippen LogP contribution in [0.1, 0.15) is 20.3 Å². The second-order valence-electron chi connectivity index (χ2n) is 4.42. The van der Waals surface area contributed by atoms with E-state index < -0.39 is 24.2 Å². The Hall–Kier alpha value is -1.91. The maximum absolute atomic E-state index is 13.6. The van der Waals surface area contributed by atoms with Crippen LogP contribution in [0.2, 0.25) is 0 Å². The first-order valence-electron chi connectivity index (χ1n) is 5.68. The summed E-state index contributed by atoms with van der Waals surface area (Å²) in [6, 6.07) is 5.66. The number of anilines is 1. The van der Waals surface area contributed by atoms with Crippen molar-refractivity contribution in [1.82, 2.24) is 0 Å². The summed E-state index contributed by atoms with van der Waals surface area (Å²) < 4.78 is 13.6. The number of carbonyl (C=O) groups excluding carboxylic acids is 1. The Morgan fingerprint density at radius 1 is 1.33 bits per heavy atom. The number of rotatable bonds is 5. The van der Waals surface area contributed by atoms with Gasteiger partial charge < -0.3 is 5.11 Å². The van der Waals surface area contributed by atoms with Gasteiger partial charge in [0.2, 0.25) is 5.91 Å². The maximum atomic E-state index is 13.6. The van der Waals surface area contributed by atoms with Crippen LogP contribution in [0, 0.1) is 11.7 Å². The van der Waals surface area contributed by atoms with Crippen molar-refractivity contribution >= 4 is 17.6 Å². The molecule has 0 unspecified atom stereocenters. The van der Waals surface area contributed by atoms with E-state index in [0.717, 1.165) is 4.90 Å². The van der Waals surface area contributed by atoms with Crippen LogP contribution in [-0.4, -0.2) is 23.5 Å². The number of benzene rings is 1. The van der Waals surface area contributed by atoms with E-state index in [-0.39, 0.29) is 18.0 Å². The Morgan fingerprint density at radius 2 is 1.94 bits per heavy atom. The fraction of sp³-hybridized carbons (Fsp3) is 0.385. The minimum absolute atomic E-state index is 0.00514. The highest BCUT2D eigenvalue weighted by Crippen LogP contribution is 2.20. The number of carbonyl (C=O) groups is 2. The SMILES string of the molecule is CC(C)CC(=O)N(CC(=O)O)c1ccccc1F. The van der Waals surface area contributed by atoms with E-state index in [0.29, 0.717) is 0 Å². The summed E-state index contributed by atoms with van der Waals surface area (Å²) in [4.78, 5) is 23.7. The lowest BCUT2D eigenvalue weighted by atomic mass is 10.1.